The summed E-state index contributed by atoms with van der Waals surface area (Å²) < 4.78 is 2.05. The summed E-state index contributed by atoms with van der Waals surface area (Å²) in [7, 11) is 0. The van der Waals surface area contributed by atoms with Gasteiger partial charge in [-0.3, -0.25) is 0 Å². The fourth-order valence-corrected chi connectivity index (χ4v) is 4.12. The Morgan fingerprint density at radius 3 is 2.92 bits per heavy atom. The highest BCUT2D eigenvalue weighted by Crippen LogP contribution is 2.32. The standard InChI is InChI=1S/C21H23N5.H2/c1-14-2-5-16(6-3-14)24-21-23-12-18-17(7-8-19(18)25-21)15-4-9-20-22-10-11-26(20)13-15;/h4,7,9-14,16H,2-3,5-6,8H2,1H3,(H,23,24,25);1H. The van der Waals surface area contributed by atoms with Crippen LogP contribution in [0.25, 0.3) is 11.2 Å². The minimum Gasteiger partial charge on any atom is -0.351 e. The molecule has 5 heteroatoms. The molecule has 0 aliphatic heterocycles. The van der Waals surface area contributed by atoms with Gasteiger partial charge < -0.3 is 9.72 Å². The number of nitrogens with zero attached hydrogens (tertiary/aromatic N) is 4. The Balaban J connectivity index is 0.00000180. The third kappa shape index (κ3) is 2.77. The molecular weight excluding hydrogens is 322 g/mol. The maximum Gasteiger partial charge on any atom is 0.223 e. The minimum absolute atomic E-state index is 0. The van der Waals surface area contributed by atoms with E-state index in [-0.39, 0.29) is 1.43 Å². The zero-order valence-electron chi connectivity index (χ0n) is 15.0. The van der Waals surface area contributed by atoms with E-state index in [9.17, 15) is 0 Å². The van der Waals surface area contributed by atoms with Crippen LogP contribution in [0.15, 0.2) is 43.0 Å². The van der Waals surface area contributed by atoms with Gasteiger partial charge in [0, 0.05) is 44.2 Å². The van der Waals surface area contributed by atoms with E-state index in [2.05, 4.69) is 51.0 Å². The van der Waals surface area contributed by atoms with E-state index in [1.165, 1.54) is 36.8 Å². The maximum absolute atomic E-state index is 4.80. The predicted octanol–water partition coefficient (Wildman–Crippen LogP) is 4.35. The summed E-state index contributed by atoms with van der Waals surface area (Å²) in [5.41, 5.74) is 5.62. The van der Waals surface area contributed by atoms with Gasteiger partial charge >= 0.3 is 0 Å². The average molecular weight is 347 g/mol. The molecule has 0 spiro atoms. The number of rotatable bonds is 3. The highest BCUT2D eigenvalue weighted by molar-refractivity contribution is 5.83. The summed E-state index contributed by atoms with van der Waals surface area (Å²) in [4.78, 5) is 13.7. The van der Waals surface area contributed by atoms with Gasteiger partial charge in [-0.2, -0.15) is 0 Å². The monoisotopic (exact) mass is 347 g/mol. The van der Waals surface area contributed by atoms with E-state index in [1.807, 2.05) is 18.6 Å². The largest absolute Gasteiger partial charge is 0.351 e. The van der Waals surface area contributed by atoms with Crippen LogP contribution < -0.4 is 5.32 Å². The van der Waals surface area contributed by atoms with Crippen LogP contribution in [0.2, 0.25) is 0 Å². The van der Waals surface area contributed by atoms with Crippen LogP contribution in [-0.4, -0.2) is 25.4 Å². The Hall–Kier alpha value is -2.69. The van der Waals surface area contributed by atoms with Gasteiger partial charge in [0.2, 0.25) is 5.95 Å². The van der Waals surface area contributed by atoms with Gasteiger partial charge in [0.05, 0.1) is 5.69 Å². The summed E-state index contributed by atoms with van der Waals surface area (Å²) in [5, 5.41) is 3.55. The van der Waals surface area contributed by atoms with Crippen molar-refractivity contribution in [3.05, 3.63) is 59.8 Å². The van der Waals surface area contributed by atoms with Crippen molar-refractivity contribution in [1.82, 2.24) is 19.4 Å². The molecule has 3 aromatic heterocycles. The lowest BCUT2D eigenvalue weighted by Gasteiger charge is -2.27. The van der Waals surface area contributed by atoms with Crippen molar-refractivity contribution in [2.45, 2.75) is 45.1 Å². The summed E-state index contributed by atoms with van der Waals surface area (Å²) >= 11 is 0. The molecule has 1 N–H and O–H groups in total. The molecule has 0 unspecified atom stereocenters. The van der Waals surface area contributed by atoms with Crippen LogP contribution in [-0.2, 0) is 6.42 Å². The van der Waals surface area contributed by atoms with Crippen LogP contribution in [0.4, 0.5) is 5.95 Å². The second-order valence-corrected chi connectivity index (χ2v) is 7.59. The Morgan fingerprint density at radius 1 is 1.15 bits per heavy atom. The number of anilines is 1. The number of pyridine rings is 1. The molecule has 1 saturated carbocycles. The van der Waals surface area contributed by atoms with Crippen molar-refractivity contribution in [3.63, 3.8) is 0 Å². The zero-order chi connectivity index (χ0) is 17.5. The quantitative estimate of drug-likeness (QED) is 0.765. The van der Waals surface area contributed by atoms with Gasteiger partial charge in [-0.15, -0.1) is 0 Å². The average Bonchev–Trinajstić information content (AvgIpc) is 3.29. The lowest BCUT2D eigenvalue weighted by molar-refractivity contribution is 0.360. The topological polar surface area (TPSA) is 55.1 Å². The van der Waals surface area contributed by atoms with Gasteiger partial charge in [0.1, 0.15) is 5.65 Å². The molecule has 134 valence electrons. The lowest BCUT2D eigenvalue weighted by Crippen LogP contribution is -2.26. The molecule has 3 aromatic rings. The van der Waals surface area contributed by atoms with E-state index < -0.39 is 0 Å². The van der Waals surface area contributed by atoms with Crippen molar-refractivity contribution in [3.8, 4) is 0 Å². The Bertz CT molecular complexity index is 985. The Morgan fingerprint density at radius 2 is 2.04 bits per heavy atom. The van der Waals surface area contributed by atoms with Crippen LogP contribution in [0.1, 0.15) is 50.9 Å². The minimum atomic E-state index is 0. The molecule has 0 atom stereocenters. The van der Waals surface area contributed by atoms with Gasteiger partial charge in [0.15, 0.2) is 0 Å². The summed E-state index contributed by atoms with van der Waals surface area (Å²) in [5.74, 6) is 1.64. The number of fused-ring (bicyclic) bond motifs is 2. The summed E-state index contributed by atoms with van der Waals surface area (Å²) in [6.45, 7) is 2.34. The van der Waals surface area contributed by atoms with Crippen molar-refractivity contribution < 1.29 is 1.43 Å². The number of hydrogen-bond donors (Lipinski definition) is 1. The molecule has 3 heterocycles. The van der Waals surface area contributed by atoms with Crippen LogP contribution in [0, 0.1) is 5.92 Å². The molecule has 5 rings (SSSR count). The highest BCUT2D eigenvalue weighted by atomic mass is 15.1. The third-order valence-corrected chi connectivity index (χ3v) is 5.71. The number of nitrogens with one attached hydrogen (secondary N) is 1. The van der Waals surface area contributed by atoms with Crippen LogP contribution in [0.5, 0.6) is 0 Å². The second kappa shape index (κ2) is 6.24. The summed E-state index contributed by atoms with van der Waals surface area (Å²) in [6.07, 6.45) is 16.1. The first kappa shape index (κ1) is 15.6. The van der Waals surface area contributed by atoms with Crippen LogP contribution in [0.3, 0.4) is 0 Å². The normalized spacial score (nSPS) is 22.3. The molecule has 0 radical (unpaired) electrons. The molecule has 0 bridgehead atoms. The molecule has 2 aliphatic carbocycles. The van der Waals surface area contributed by atoms with Crippen molar-refractivity contribution >= 4 is 17.2 Å². The first-order chi connectivity index (χ1) is 12.8. The molecule has 0 aromatic carbocycles. The number of imidazole rings is 1. The van der Waals surface area contributed by atoms with Gasteiger partial charge in [-0.05, 0) is 54.9 Å². The number of hydrogen-bond acceptors (Lipinski definition) is 4. The molecule has 1 fully saturated rings. The molecule has 5 nitrogen and oxygen atoms in total. The zero-order valence-corrected chi connectivity index (χ0v) is 15.0. The molecule has 0 saturated heterocycles. The van der Waals surface area contributed by atoms with Crippen molar-refractivity contribution in [2.24, 2.45) is 5.92 Å². The SMILES string of the molecule is CC1CCC(Nc2ncc3c(n2)CC=C3c2ccc3nccn3c2)CC1.[HH]. The predicted molar refractivity (Wildman–Crippen MR) is 105 cm³/mol. The summed E-state index contributed by atoms with van der Waals surface area (Å²) in [6, 6.07) is 4.69. The molecule has 26 heavy (non-hydrogen) atoms. The van der Waals surface area contributed by atoms with Crippen molar-refractivity contribution in [2.75, 3.05) is 5.32 Å². The van der Waals surface area contributed by atoms with E-state index in [1.54, 1.807) is 0 Å². The number of allylic oxidation sites excluding steroid dienone is 1. The molecule has 0 amide bonds. The Labute approximate surface area is 154 Å². The van der Waals surface area contributed by atoms with Crippen molar-refractivity contribution in [1.29, 1.82) is 0 Å². The fraction of sp³-hybridized carbons (Fsp3) is 0.381. The number of aromatic nitrogens is 4. The first-order valence-electron chi connectivity index (χ1n) is 9.52. The molecular formula is C21H25N5. The van der Waals surface area contributed by atoms with Gasteiger partial charge in [0.25, 0.3) is 0 Å². The first-order valence-corrected chi connectivity index (χ1v) is 9.52. The Kier molecular flexibility index (Phi) is 3.73. The third-order valence-electron chi connectivity index (χ3n) is 5.71. The van der Waals surface area contributed by atoms with E-state index in [0.29, 0.717) is 6.04 Å². The van der Waals surface area contributed by atoms with Gasteiger partial charge in [-0.25, -0.2) is 15.0 Å². The second-order valence-electron chi connectivity index (χ2n) is 7.59. The molecule has 2 aliphatic rings. The smallest absolute Gasteiger partial charge is 0.223 e. The van der Waals surface area contributed by atoms with E-state index in [4.69, 9.17) is 4.98 Å². The van der Waals surface area contributed by atoms with Gasteiger partial charge in [-0.1, -0.05) is 13.0 Å². The van der Waals surface area contributed by atoms with E-state index in [0.717, 1.165) is 35.2 Å². The maximum atomic E-state index is 4.80. The fourth-order valence-electron chi connectivity index (χ4n) is 4.12. The highest BCUT2D eigenvalue weighted by Gasteiger charge is 2.21. The van der Waals surface area contributed by atoms with E-state index >= 15 is 0 Å². The van der Waals surface area contributed by atoms with Crippen LogP contribution >= 0.6 is 0 Å². The lowest BCUT2D eigenvalue weighted by atomic mass is 9.87.